The SMILES string of the molecule is O=C(O)CCCCCCC1C(/C=C/C(O)CCC2CCCC2)C(O)CS1(=O)=O. The van der Waals surface area contributed by atoms with Crippen LogP contribution >= 0.6 is 0 Å². The van der Waals surface area contributed by atoms with Crippen molar-refractivity contribution in [3.05, 3.63) is 12.2 Å². The number of rotatable bonds is 12. The van der Waals surface area contributed by atoms with Gasteiger partial charge < -0.3 is 15.3 Å². The van der Waals surface area contributed by atoms with Crippen LogP contribution in [0.25, 0.3) is 0 Å². The fourth-order valence-electron chi connectivity index (χ4n) is 4.62. The molecule has 4 atom stereocenters. The first-order valence-corrected chi connectivity index (χ1v) is 12.5. The monoisotopic (exact) mass is 416 g/mol. The highest BCUT2D eigenvalue weighted by molar-refractivity contribution is 7.92. The summed E-state index contributed by atoms with van der Waals surface area (Å²) in [4.78, 5) is 10.5. The average Bonchev–Trinajstić information content (AvgIpc) is 3.20. The van der Waals surface area contributed by atoms with Crippen molar-refractivity contribution in [3.63, 3.8) is 0 Å². The molecule has 0 amide bonds. The van der Waals surface area contributed by atoms with Crippen molar-refractivity contribution in [1.82, 2.24) is 0 Å². The van der Waals surface area contributed by atoms with E-state index in [0.717, 1.165) is 19.3 Å². The van der Waals surface area contributed by atoms with Crippen molar-refractivity contribution < 1.29 is 28.5 Å². The summed E-state index contributed by atoms with van der Waals surface area (Å²) in [6, 6.07) is 0. The Bertz CT molecular complexity index is 608. The Morgan fingerprint density at radius 2 is 1.75 bits per heavy atom. The van der Waals surface area contributed by atoms with E-state index in [4.69, 9.17) is 5.11 Å². The van der Waals surface area contributed by atoms with Crippen molar-refractivity contribution in [2.24, 2.45) is 11.8 Å². The number of carbonyl (C=O) groups is 1. The highest BCUT2D eigenvalue weighted by Gasteiger charge is 2.44. The number of sulfone groups is 1. The summed E-state index contributed by atoms with van der Waals surface area (Å²) in [6.45, 7) is 0. The lowest BCUT2D eigenvalue weighted by Crippen LogP contribution is -2.24. The first-order chi connectivity index (χ1) is 13.3. The summed E-state index contributed by atoms with van der Waals surface area (Å²) in [7, 11) is -3.34. The van der Waals surface area contributed by atoms with Gasteiger partial charge in [-0.2, -0.15) is 0 Å². The van der Waals surface area contributed by atoms with Crippen LogP contribution in [0.1, 0.15) is 77.0 Å². The summed E-state index contributed by atoms with van der Waals surface area (Å²) in [5.41, 5.74) is 0. The molecule has 2 aliphatic rings. The second kappa shape index (κ2) is 11.3. The summed E-state index contributed by atoms with van der Waals surface area (Å²) >= 11 is 0. The minimum absolute atomic E-state index is 0.143. The predicted octanol–water partition coefficient (Wildman–Crippen LogP) is 3.07. The van der Waals surface area contributed by atoms with Gasteiger partial charge in [-0.3, -0.25) is 4.79 Å². The van der Waals surface area contributed by atoms with Crippen LogP contribution in [0.15, 0.2) is 12.2 Å². The number of unbranched alkanes of at least 4 members (excludes halogenated alkanes) is 3. The molecule has 1 saturated heterocycles. The largest absolute Gasteiger partial charge is 0.481 e. The quantitative estimate of drug-likeness (QED) is 0.333. The lowest BCUT2D eigenvalue weighted by atomic mass is 9.93. The molecule has 1 heterocycles. The molecule has 0 bridgehead atoms. The van der Waals surface area contributed by atoms with Gasteiger partial charge in [0.05, 0.1) is 23.2 Å². The standard InChI is InChI=1S/C21H36O6S/c22-17(12-11-16-7-5-6-8-16)13-14-18-19(23)15-28(26,27)20(18)9-3-1-2-4-10-21(24)25/h13-14,16-20,22-23H,1-12,15H2,(H,24,25)/b14-13+. The van der Waals surface area contributed by atoms with Crippen LogP contribution in [0.5, 0.6) is 0 Å². The molecule has 0 radical (unpaired) electrons. The van der Waals surface area contributed by atoms with Gasteiger partial charge in [0.25, 0.3) is 0 Å². The van der Waals surface area contributed by atoms with E-state index in [-0.39, 0.29) is 12.2 Å². The molecule has 0 aromatic rings. The van der Waals surface area contributed by atoms with Crippen LogP contribution in [0, 0.1) is 11.8 Å². The molecule has 0 aromatic carbocycles. The Kier molecular flexibility index (Phi) is 9.44. The normalized spacial score (nSPS) is 28.9. The fraction of sp³-hybridized carbons (Fsp3) is 0.857. The topological polar surface area (TPSA) is 112 Å². The molecule has 2 fully saturated rings. The predicted molar refractivity (Wildman–Crippen MR) is 109 cm³/mol. The highest BCUT2D eigenvalue weighted by atomic mass is 32.2. The minimum atomic E-state index is -3.34. The number of aliphatic hydroxyl groups excluding tert-OH is 2. The van der Waals surface area contributed by atoms with Crippen molar-refractivity contribution in [2.45, 2.75) is 94.5 Å². The minimum Gasteiger partial charge on any atom is -0.481 e. The maximum atomic E-state index is 12.4. The van der Waals surface area contributed by atoms with Crippen molar-refractivity contribution in [1.29, 1.82) is 0 Å². The Morgan fingerprint density at radius 1 is 1.07 bits per heavy atom. The van der Waals surface area contributed by atoms with Gasteiger partial charge >= 0.3 is 5.97 Å². The van der Waals surface area contributed by atoms with Crippen LogP contribution in [0.2, 0.25) is 0 Å². The first-order valence-electron chi connectivity index (χ1n) is 10.8. The average molecular weight is 417 g/mol. The lowest BCUT2D eigenvalue weighted by Gasteiger charge is -2.18. The molecule has 7 heteroatoms. The van der Waals surface area contributed by atoms with E-state index in [1.165, 1.54) is 25.7 Å². The molecule has 1 aliphatic heterocycles. The number of aliphatic carboxylic acids is 1. The van der Waals surface area contributed by atoms with Gasteiger partial charge in [0.1, 0.15) is 0 Å². The van der Waals surface area contributed by atoms with E-state index < -0.39 is 39.2 Å². The van der Waals surface area contributed by atoms with E-state index >= 15 is 0 Å². The number of hydrogen-bond donors (Lipinski definition) is 3. The Morgan fingerprint density at radius 3 is 2.43 bits per heavy atom. The van der Waals surface area contributed by atoms with Crippen molar-refractivity contribution in [3.8, 4) is 0 Å². The van der Waals surface area contributed by atoms with Gasteiger partial charge in [0, 0.05) is 12.3 Å². The van der Waals surface area contributed by atoms with Gasteiger partial charge in [0.2, 0.25) is 0 Å². The van der Waals surface area contributed by atoms with Crippen LogP contribution in [-0.4, -0.2) is 52.9 Å². The van der Waals surface area contributed by atoms with Gasteiger partial charge in [-0.05, 0) is 31.6 Å². The molecule has 4 unspecified atom stereocenters. The number of carboxylic acids is 1. The van der Waals surface area contributed by atoms with Gasteiger partial charge in [-0.1, -0.05) is 57.1 Å². The smallest absolute Gasteiger partial charge is 0.303 e. The molecule has 1 aliphatic carbocycles. The maximum Gasteiger partial charge on any atom is 0.303 e. The van der Waals surface area contributed by atoms with Crippen molar-refractivity contribution >= 4 is 15.8 Å². The molecule has 28 heavy (non-hydrogen) atoms. The van der Waals surface area contributed by atoms with Gasteiger partial charge in [-0.15, -0.1) is 0 Å². The highest BCUT2D eigenvalue weighted by Crippen LogP contribution is 2.33. The lowest BCUT2D eigenvalue weighted by molar-refractivity contribution is -0.137. The summed E-state index contributed by atoms with van der Waals surface area (Å²) in [5, 5.41) is 28.5. The third kappa shape index (κ3) is 7.48. The van der Waals surface area contributed by atoms with Crippen LogP contribution in [0.4, 0.5) is 0 Å². The van der Waals surface area contributed by atoms with Crippen molar-refractivity contribution in [2.75, 3.05) is 5.75 Å². The van der Waals surface area contributed by atoms with E-state index in [2.05, 4.69) is 0 Å². The molecule has 6 nitrogen and oxygen atoms in total. The third-order valence-corrected chi connectivity index (χ3v) is 8.55. The summed E-state index contributed by atoms with van der Waals surface area (Å²) in [6.07, 6.45) is 12.1. The van der Waals surface area contributed by atoms with E-state index in [1.807, 2.05) is 0 Å². The zero-order chi connectivity index (χ0) is 20.6. The molecular formula is C21H36O6S. The molecule has 0 aromatic heterocycles. The van der Waals surface area contributed by atoms with Gasteiger partial charge in [-0.25, -0.2) is 8.42 Å². The van der Waals surface area contributed by atoms with Crippen LogP contribution in [-0.2, 0) is 14.6 Å². The molecule has 2 rings (SSSR count). The number of aliphatic hydroxyl groups is 2. The van der Waals surface area contributed by atoms with Crippen LogP contribution in [0.3, 0.4) is 0 Å². The second-order valence-electron chi connectivity index (χ2n) is 8.54. The van der Waals surface area contributed by atoms with E-state index in [0.29, 0.717) is 31.6 Å². The first kappa shape index (κ1) is 23.4. The third-order valence-electron chi connectivity index (χ3n) is 6.27. The molecular weight excluding hydrogens is 380 g/mol. The number of hydrogen-bond acceptors (Lipinski definition) is 5. The zero-order valence-corrected chi connectivity index (χ0v) is 17.5. The fourth-order valence-corrected chi connectivity index (χ4v) is 6.84. The Labute approximate surface area is 169 Å². The Balaban J connectivity index is 1.80. The van der Waals surface area contributed by atoms with Gasteiger partial charge in [0.15, 0.2) is 9.84 Å². The molecule has 162 valence electrons. The van der Waals surface area contributed by atoms with Crippen LogP contribution < -0.4 is 0 Å². The Hall–Kier alpha value is -0.920. The molecule has 0 spiro atoms. The summed E-state index contributed by atoms with van der Waals surface area (Å²) in [5.74, 6) is -0.790. The zero-order valence-electron chi connectivity index (χ0n) is 16.7. The molecule has 1 saturated carbocycles. The molecule has 3 N–H and O–H groups in total. The van der Waals surface area contributed by atoms with E-state index in [9.17, 15) is 23.4 Å². The van der Waals surface area contributed by atoms with E-state index in [1.54, 1.807) is 12.2 Å². The summed E-state index contributed by atoms with van der Waals surface area (Å²) < 4.78 is 24.8. The number of carboxylic acid groups (broad SMARTS) is 1. The maximum absolute atomic E-state index is 12.4. The second-order valence-corrected chi connectivity index (χ2v) is 10.8.